The standard InChI is InChI=1S/C20H35N5/c1-18(2)10-12-23-20(21)22-11-6-7-13-24-14-16-25(17-15-24)19-8-4-3-5-9-19/h3-5,8-9,18H,6-7,10-17H2,1-2H3,(H3,21,22,23). The third-order valence-electron chi connectivity index (χ3n) is 4.69. The highest BCUT2D eigenvalue weighted by atomic mass is 15.3. The fourth-order valence-electron chi connectivity index (χ4n) is 3.06. The van der Waals surface area contributed by atoms with Crippen LogP contribution in [0.25, 0.3) is 0 Å². The summed E-state index contributed by atoms with van der Waals surface area (Å²) in [5.41, 5.74) is 7.22. The molecule has 5 nitrogen and oxygen atoms in total. The Morgan fingerprint density at radius 1 is 1.12 bits per heavy atom. The Balaban J connectivity index is 1.53. The number of hydrogen-bond acceptors (Lipinski definition) is 3. The van der Waals surface area contributed by atoms with Crippen molar-refractivity contribution in [1.29, 1.82) is 0 Å². The maximum Gasteiger partial charge on any atom is 0.188 e. The molecule has 25 heavy (non-hydrogen) atoms. The van der Waals surface area contributed by atoms with E-state index in [4.69, 9.17) is 5.73 Å². The molecule has 1 aliphatic rings. The van der Waals surface area contributed by atoms with E-state index in [0.717, 1.165) is 52.1 Å². The van der Waals surface area contributed by atoms with Crippen molar-refractivity contribution in [3.63, 3.8) is 0 Å². The number of aliphatic imine (C=N–C) groups is 1. The molecule has 5 heteroatoms. The van der Waals surface area contributed by atoms with Crippen LogP contribution in [-0.2, 0) is 0 Å². The van der Waals surface area contributed by atoms with Gasteiger partial charge in [0.1, 0.15) is 0 Å². The fourth-order valence-corrected chi connectivity index (χ4v) is 3.06. The van der Waals surface area contributed by atoms with Crippen LogP contribution in [0.2, 0.25) is 0 Å². The van der Waals surface area contributed by atoms with Crippen molar-refractivity contribution in [1.82, 2.24) is 10.2 Å². The number of nitrogens with zero attached hydrogens (tertiary/aromatic N) is 3. The van der Waals surface area contributed by atoms with Crippen molar-refractivity contribution in [2.75, 3.05) is 50.7 Å². The van der Waals surface area contributed by atoms with E-state index in [1.54, 1.807) is 0 Å². The lowest BCUT2D eigenvalue weighted by Crippen LogP contribution is -2.46. The molecule has 0 spiro atoms. The minimum atomic E-state index is 0.595. The Morgan fingerprint density at radius 3 is 2.52 bits per heavy atom. The molecule has 0 bridgehead atoms. The van der Waals surface area contributed by atoms with E-state index in [2.05, 4.69) is 64.3 Å². The quantitative estimate of drug-likeness (QED) is 0.410. The van der Waals surface area contributed by atoms with Gasteiger partial charge in [0.15, 0.2) is 5.96 Å². The van der Waals surface area contributed by atoms with Crippen LogP contribution in [0.15, 0.2) is 35.3 Å². The van der Waals surface area contributed by atoms with Crippen LogP contribution in [0, 0.1) is 5.92 Å². The van der Waals surface area contributed by atoms with Gasteiger partial charge in [-0.15, -0.1) is 0 Å². The van der Waals surface area contributed by atoms with Gasteiger partial charge in [0.05, 0.1) is 0 Å². The summed E-state index contributed by atoms with van der Waals surface area (Å²) in [6.45, 7) is 11.9. The Bertz CT molecular complexity index is 492. The monoisotopic (exact) mass is 345 g/mol. The van der Waals surface area contributed by atoms with E-state index in [0.29, 0.717) is 11.9 Å². The Morgan fingerprint density at radius 2 is 1.84 bits per heavy atom. The zero-order chi connectivity index (χ0) is 17.9. The van der Waals surface area contributed by atoms with Gasteiger partial charge in [-0.2, -0.15) is 0 Å². The summed E-state index contributed by atoms with van der Waals surface area (Å²) in [5.74, 6) is 1.29. The summed E-state index contributed by atoms with van der Waals surface area (Å²) in [6.07, 6.45) is 3.42. The summed E-state index contributed by atoms with van der Waals surface area (Å²) in [5, 5.41) is 3.19. The van der Waals surface area contributed by atoms with Crippen LogP contribution < -0.4 is 16.0 Å². The van der Waals surface area contributed by atoms with Crippen LogP contribution in [0.4, 0.5) is 5.69 Å². The van der Waals surface area contributed by atoms with Gasteiger partial charge in [-0.05, 0) is 43.9 Å². The number of anilines is 1. The molecule has 1 aromatic carbocycles. The summed E-state index contributed by atoms with van der Waals surface area (Å²) in [6, 6.07) is 10.7. The molecule has 0 amide bonds. The van der Waals surface area contributed by atoms with Crippen LogP contribution in [0.5, 0.6) is 0 Å². The number of nitrogens with one attached hydrogen (secondary N) is 1. The summed E-state index contributed by atoms with van der Waals surface area (Å²) >= 11 is 0. The van der Waals surface area contributed by atoms with E-state index in [1.807, 2.05) is 0 Å². The fraction of sp³-hybridized carbons (Fsp3) is 0.650. The summed E-state index contributed by atoms with van der Waals surface area (Å²) in [4.78, 5) is 9.45. The van der Waals surface area contributed by atoms with E-state index in [9.17, 15) is 0 Å². The number of para-hydroxylation sites is 1. The maximum atomic E-state index is 5.88. The number of guanidine groups is 1. The van der Waals surface area contributed by atoms with E-state index >= 15 is 0 Å². The first-order chi connectivity index (χ1) is 12.1. The molecule has 2 rings (SSSR count). The Labute approximate surface area is 153 Å². The minimum Gasteiger partial charge on any atom is -0.370 e. The van der Waals surface area contributed by atoms with E-state index in [-0.39, 0.29) is 0 Å². The first kappa shape index (κ1) is 19.6. The van der Waals surface area contributed by atoms with Gasteiger partial charge in [0.25, 0.3) is 0 Å². The molecule has 0 atom stereocenters. The second-order valence-corrected chi connectivity index (χ2v) is 7.25. The zero-order valence-corrected chi connectivity index (χ0v) is 16.0. The molecule has 0 aromatic heterocycles. The van der Waals surface area contributed by atoms with Crippen LogP contribution in [0.3, 0.4) is 0 Å². The molecule has 140 valence electrons. The maximum absolute atomic E-state index is 5.88. The molecular formula is C20H35N5. The molecule has 3 N–H and O–H groups in total. The van der Waals surface area contributed by atoms with Gasteiger partial charge in [-0.1, -0.05) is 32.0 Å². The average Bonchev–Trinajstić information content (AvgIpc) is 2.62. The van der Waals surface area contributed by atoms with Gasteiger partial charge in [0.2, 0.25) is 0 Å². The average molecular weight is 346 g/mol. The molecule has 1 aliphatic heterocycles. The molecular weight excluding hydrogens is 310 g/mol. The van der Waals surface area contributed by atoms with E-state index in [1.165, 1.54) is 18.7 Å². The van der Waals surface area contributed by atoms with Gasteiger partial charge in [-0.3, -0.25) is 9.89 Å². The number of nitrogens with two attached hydrogens (primary N) is 1. The molecule has 1 fully saturated rings. The molecule has 1 aromatic rings. The van der Waals surface area contributed by atoms with Gasteiger partial charge >= 0.3 is 0 Å². The Kier molecular flexibility index (Phi) is 8.60. The first-order valence-corrected chi connectivity index (χ1v) is 9.71. The lowest BCUT2D eigenvalue weighted by molar-refractivity contribution is 0.253. The second-order valence-electron chi connectivity index (χ2n) is 7.25. The number of unbranched alkanes of at least 4 members (excludes halogenated alkanes) is 1. The summed E-state index contributed by atoms with van der Waals surface area (Å²) in [7, 11) is 0. The molecule has 0 radical (unpaired) electrons. The zero-order valence-electron chi connectivity index (χ0n) is 16.0. The van der Waals surface area contributed by atoms with Crippen molar-refractivity contribution in [3.8, 4) is 0 Å². The highest BCUT2D eigenvalue weighted by Crippen LogP contribution is 2.15. The van der Waals surface area contributed by atoms with Crippen molar-refractivity contribution >= 4 is 11.6 Å². The number of piperazine rings is 1. The normalized spacial score (nSPS) is 16.4. The first-order valence-electron chi connectivity index (χ1n) is 9.71. The van der Waals surface area contributed by atoms with Crippen molar-refractivity contribution in [2.24, 2.45) is 16.6 Å². The van der Waals surface area contributed by atoms with Crippen LogP contribution in [0.1, 0.15) is 33.1 Å². The SMILES string of the molecule is CC(C)CCNC(N)=NCCCCN1CCN(c2ccccc2)CC1. The van der Waals surface area contributed by atoms with Gasteiger partial charge in [-0.25, -0.2) is 0 Å². The van der Waals surface area contributed by atoms with Crippen molar-refractivity contribution in [3.05, 3.63) is 30.3 Å². The lowest BCUT2D eigenvalue weighted by atomic mass is 10.1. The Hall–Kier alpha value is -1.75. The molecule has 1 heterocycles. The molecule has 0 saturated carbocycles. The third-order valence-corrected chi connectivity index (χ3v) is 4.69. The van der Waals surface area contributed by atoms with Gasteiger partial charge in [0, 0.05) is 45.0 Å². The lowest BCUT2D eigenvalue weighted by Gasteiger charge is -2.36. The van der Waals surface area contributed by atoms with Crippen molar-refractivity contribution in [2.45, 2.75) is 33.1 Å². The predicted molar refractivity (Wildman–Crippen MR) is 108 cm³/mol. The number of benzene rings is 1. The smallest absolute Gasteiger partial charge is 0.188 e. The second kappa shape index (κ2) is 11.0. The van der Waals surface area contributed by atoms with Crippen LogP contribution >= 0.6 is 0 Å². The minimum absolute atomic E-state index is 0.595. The summed E-state index contributed by atoms with van der Waals surface area (Å²) < 4.78 is 0. The predicted octanol–water partition coefficient (Wildman–Crippen LogP) is 2.54. The molecule has 0 aliphatic carbocycles. The van der Waals surface area contributed by atoms with Crippen LogP contribution in [-0.4, -0.2) is 56.7 Å². The highest BCUT2D eigenvalue weighted by molar-refractivity contribution is 5.77. The number of hydrogen-bond donors (Lipinski definition) is 2. The largest absolute Gasteiger partial charge is 0.370 e. The topological polar surface area (TPSA) is 56.9 Å². The third kappa shape index (κ3) is 7.78. The molecule has 0 unspecified atom stereocenters. The van der Waals surface area contributed by atoms with Crippen molar-refractivity contribution < 1.29 is 0 Å². The highest BCUT2D eigenvalue weighted by Gasteiger charge is 2.16. The van der Waals surface area contributed by atoms with Gasteiger partial charge < -0.3 is 16.0 Å². The number of rotatable bonds is 9. The van der Waals surface area contributed by atoms with E-state index < -0.39 is 0 Å². The molecule has 1 saturated heterocycles.